The Morgan fingerprint density at radius 2 is 1.76 bits per heavy atom. The lowest BCUT2D eigenvalue weighted by Crippen LogP contribution is -2.30. The molecule has 0 heterocycles. The van der Waals surface area contributed by atoms with Crippen molar-refractivity contribution in [2.24, 2.45) is 0 Å². The van der Waals surface area contributed by atoms with Crippen LogP contribution in [0.2, 0.25) is 0 Å². The summed E-state index contributed by atoms with van der Waals surface area (Å²) in [7, 11) is -4.71. The van der Waals surface area contributed by atoms with E-state index in [4.69, 9.17) is 4.55 Å². The quantitative estimate of drug-likeness (QED) is 0.795. The van der Waals surface area contributed by atoms with Gasteiger partial charge >= 0.3 is 12.1 Å². The summed E-state index contributed by atoms with van der Waals surface area (Å²) in [5.41, 5.74) is -0.641. The molecular weight excluding hydrogens is 263 g/mol. The predicted octanol–water partition coefficient (Wildman–Crippen LogP) is 1.43. The molecule has 0 atom stereocenters. The van der Waals surface area contributed by atoms with Crippen LogP contribution in [0, 0.1) is 0 Å². The molecule has 2 N–H and O–H groups in total. The van der Waals surface area contributed by atoms with Gasteiger partial charge in [0.1, 0.15) is 4.90 Å². The van der Waals surface area contributed by atoms with E-state index in [1.54, 1.807) is 0 Å². The molecule has 1 rings (SSSR count). The zero-order valence-corrected chi connectivity index (χ0v) is 8.84. The molecule has 0 spiro atoms. The van der Waals surface area contributed by atoms with E-state index in [1.807, 2.05) is 0 Å². The van der Waals surface area contributed by atoms with E-state index in [1.165, 1.54) is 17.4 Å². The fraction of sp³-hybridized carbons (Fsp3) is 0.125. The lowest BCUT2D eigenvalue weighted by Gasteiger charge is -2.10. The zero-order valence-electron chi connectivity index (χ0n) is 8.02. The van der Waals surface area contributed by atoms with Gasteiger partial charge in [-0.05, 0) is 12.1 Å². The minimum Gasteiger partial charge on any atom is -0.317 e. The molecular formula is C8H6F3NO4S. The monoisotopic (exact) mass is 269 g/mol. The van der Waals surface area contributed by atoms with Crippen molar-refractivity contribution >= 4 is 21.7 Å². The SMILES string of the molecule is O=C(Nc1ccccc1S(=O)(=O)O)C(F)(F)F. The van der Waals surface area contributed by atoms with E-state index in [9.17, 15) is 26.4 Å². The normalized spacial score (nSPS) is 12.2. The Balaban J connectivity index is 3.13. The first-order valence-electron chi connectivity index (χ1n) is 4.07. The van der Waals surface area contributed by atoms with Crippen molar-refractivity contribution in [3.63, 3.8) is 0 Å². The molecule has 1 amide bonds. The number of amides is 1. The molecule has 9 heteroatoms. The molecule has 1 aromatic carbocycles. The standard InChI is InChI=1S/C8H6F3NO4S/c9-8(10,11)7(13)12-5-3-1-2-4-6(5)17(14,15)16/h1-4H,(H,12,13)(H,14,15,16). The van der Waals surface area contributed by atoms with Crippen LogP contribution >= 0.6 is 0 Å². The molecule has 0 saturated heterocycles. The molecule has 0 aromatic heterocycles. The van der Waals surface area contributed by atoms with Gasteiger partial charge in [-0.15, -0.1) is 0 Å². The Labute approximate surface area is 94.0 Å². The number of hydrogen-bond donors (Lipinski definition) is 2. The molecule has 0 aliphatic rings. The first-order chi connectivity index (χ1) is 7.62. The van der Waals surface area contributed by atoms with Crippen LogP contribution in [0.5, 0.6) is 0 Å². The van der Waals surface area contributed by atoms with E-state index in [0.29, 0.717) is 0 Å². The maximum atomic E-state index is 11.9. The maximum absolute atomic E-state index is 11.9. The van der Waals surface area contributed by atoms with Crippen molar-refractivity contribution in [2.45, 2.75) is 11.1 Å². The largest absolute Gasteiger partial charge is 0.471 e. The smallest absolute Gasteiger partial charge is 0.317 e. The van der Waals surface area contributed by atoms with Gasteiger partial charge in [-0.1, -0.05) is 12.1 Å². The fourth-order valence-electron chi connectivity index (χ4n) is 0.988. The van der Waals surface area contributed by atoms with Gasteiger partial charge in [-0.25, -0.2) is 0 Å². The first kappa shape index (κ1) is 13.5. The maximum Gasteiger partial charge on any atom is 0.471 e. The number of alkyl halides is 3. The average Bonchev–Trinajstić information content (AvgIpc) is 2.15. The molecule has 94 valence electrons. The number of hydrogen-bond acceptors (Lipinski definition) is 3. The van der Waals surface area contributed by atoms with Crippen LogP contribution in [0.3, 0.4) is 0 Å². The average molecular weight is 269 g/mol. The highest BCUT2D eigenvalue weighted by Crippen LogP contribution is 2.23. The van der Waals surface area contributed by atoms with Gasteiger partial charge in [-0.2, -0.15) is 21.6 Å². The highest BCUT2D eigenvalue weighted by molar-refractivity contribution is 7.86. The summed E-state index contributed by atoms with van der Waals surface area (Å²) in [6, 6.07) is 4.18. The molecule has 5 nitrogen and oxygen atoms in total. The topological polar surface area (TPSA) is 83.5 Å². The summed E-state index contributed by atoms with van der Waals surface area (Å²) in [5.74, 6) is -2.33. The van der Waals surface area contributed by atoms with Crippen molar-refractivity contribution in [1.82, 2.24) is 0 Å². The number of rotatable bonds is 2. The molecule has 0 unspecified atom stereocenters. The van der Waals surface area contributed by atoms with Crippen molar-refractivity contribution in [2.75, 3.05) is 5.32 Å². The Morgan fingerprint density at radius 1 is 1.24 bits per heavy atom. The number of para-hydroxylation sites is 1. The van der Waals surface area contributed by atoms with E-state index in [0.717, 1.165) is 12.1 Å². The lowest BCUT2D eigenvalue weighted by molar-refractivity contribution is -0.167. The molecule has 0 saturated carbocycles. The van der Waals surface area contributed by atoms with E-state index < -0.39 is 32.8 Å². The molecule has 0 aliphatic carbocycles. The van der Waals surface area contributed by atoms with Crippen molar-refractivity contribution in [3.8, 4) is 0 Å². The predicted molar refractivity (Wildman–Crippen MR) is 50.9 cm³/mol. The number of nitrogens with one attached hydrogen (secondary N) is 1. The minimum atomic E-state index is -5.15. The fourth-order valence-corrected chi connectivity index (χ4v) is 1.64. The second-order valence-corrected chi connectivity index (χ2v) is 4.31. The van der Waals surface area contributed by atoms with Crippen LogP contribution in [-0.4, -0.2) is 25.1 Å². The van der Waals surface area contributed by atoms with Crippen LogP contribution in [0.1, 0.15) is 0 Å². The molecule has 17 heavy (non-hydrogen) atoms. The third kappa shape index (κ3) is 3.43. The van der Waals surface area contributed by atoms with Gasteiger partial charge < -0.3 is 5.32 Å². The summed E-state index contributed by atoms with van der Waals surface area (Å²) in [4.78, 5) is 9.79. The second kappa shape index (κ2) is 4.34. The van der Waals surface area contributed by atoms with Gasteiger partial charge in [0.25, 0.3) is 10.1 Å². The third-order valence-electron chi connectivity index (χ3n) is 1.67. The number of halogens is 3. The zero-order chi connectivity index (χ0) is 13.3. The molecule has 0 fully saturated rings. The Morgan fingerprint density at radius 3 is 2.24 bits per heavy atom. The summed E-state index contributed by atoms with van der Waals surface area (Å²) < 4.78 is 66.2. The Bertz CT molecular complexity index is 538. The van der Waals surface area contributed by atoms with Crippen molar-refractivity contribution < 1.29 is 30.9 Å². The number of carbonyl (C=O) groups excluding carboxylic acids is 1. The van der Waals surface area contributed by atoms with E-state index in [-0.39, 0.29) is 0 Å². The van der Waals surface area contributed by atoms with Crippen LogP contribution in [0.15, 0.2) is 29.2 Å². The van der Waals surface area contributed by atoms with Gasteiger partial charge in [0.15, 0.2) is 0 Å². The number of carbonyl (C=O) groups is 1. The summed E-state index contributed by atoms with van der Waals surface area (Å²) in [5, 5.41) is 1.35. The van der Waals surface area contributed by atoms with Crippen molar-refractivity contribution in [3.05, 3.63) is 24.3 Å². The minimum absolute atomic E-state index is 0.641. The van der Waals surface area contributed by atoms with E-state index in [2.05, 4.69) is 0 Å². The Hall–Kier alpha value is -1.61. The van der Waals surface area contributed by atoms with Crippen molar-refractivity contribution in [1.29, 1.82) is 0 Å². The summed E-state index contributed by atoms with van der Waals surface area (Å²) >= 11 is 0. The Kier molecular flexibility index (Phi) is 3.43. The van der Waals surface area contributed by atoms with Crippen LogP contribution in [0.4, 0.5) is 18.9 Å². The number of anilines is 1. The second-order valence-electron chi connectivity index (χ2n) is 2.92. The first-order valence-corrected chi connectivity index (χ1v) is 5.51. The molecule has 1 aromatic rings. The van der Waals surface area contributed by atoms with Gasteiger partial charge in [-0.3, -0.25) is 9.35 Å². The lowest BCUT2D eigenvalue weighted by atomic mass is 10.3. The third-order valence-corrected chi connectivity index (χ3v) is 2.58. The van der Waals surface area contributed by atoms with Gasteiger partial charge in [0.2, 0.25) is 0 Å². The molecule has 0 aliphatic heterocycles. The highest BCUT2D eigenvalue weighted by atomic mass is 32.2. The van der Waals surface area contributed by atoms with Gasteiger partial charge in [0, 0.05) is 0 Å². The van der Waals surface area contributed by atoms with Crippen LogP contribution < -0.4 is 5.32 Å². The summed E-state index contributed by atoms with van der Waals surface area (Å²) in [6.07, 6.45) is -5.15. The number of benzene rings is 1. The molecule has 0 radical (unpaired) electrons. The van der Waals surface area contributed by atoms with Crippen LogP contribution in [-0.2, 0) is 14.9 Å². The van der Waals surface area contributed by atoms with Gasteiger partial charge in [0.05, 0.1) is 5.69 Å². The van der Waals surface area contributed by atoms with E-state index >= 15 is 0 Å². The molecule has 0 bridgehead atoms. The van der Waals surface area contributed by atoms with Crippen LogP contribution in [0.25, 0.3) is 0 Å². The highest BCUT2D eigenvalue weighted by Gasteiger charge is 2.39. The summed E-state index contributed by atoms with van der Waals surface area (Å²) in [6.45, 7) is 0.